The summed E-state index contributed by atoms with van der Waals surface area (Å²) in [5.41, 5.74) is 0. The first-order chi connectivity index (χ1) is 9.81. The highest BCUT2D eigenvalue weighted by Gasteiger charge is 2.27. The van der Waals surface area contributed by atoms with Crippen molar-refractivity contribution in [2.45, 2.75) is 37.5 Å². The van der Waals surface area contributed by atoms with Crippen molar-refractivity contribution >= 4 is 26.0 Å². The molecule has 1 aromatic rings. The van der Waals surface area contributed by atoms with Gasteiger partial charge in [0.1, 0.15) is 16.5 Å². The molecule has 0 aromatic heterocycles. The van der Waals surface area contributed by atoms with E-state index in [1.54, 1.807) is 0 Å². The molecule has 1 saturated carbocycles. The molecule has 0 spiro atoms. The third kappa shape index (κ3) is 4.02. The molecule has 0 aliphatic heterocycles. The third-order valence-corrected chi connectivity index (χ3v) is 6.44. The molecular weight excluding hydrogens is 364 g/mol. The molecule has 21 heavy (non-hydrogen) atoms. The van der Waals surface area contributed by atoms with Crippen molar-refractivity contribution in [1.29, 1.82) is 0 Å². The molecule has 1 N–H and O–H groups in total. The van der Waals surface area contributed by atoms with E-state index in [0.29, 0.717) is 12.0 Å². The summed E-state index contributed by atoms with van der Waals surface area (Å²) in [4.78, 5) is -0.535. The van der Waals surface area contributed by atoms with Gasteiger partial charge in [-0.25, -0.2) is 21.9 Å². The lowest BCUT2D eigenvalue weighted by atomic mass is 9.81. The summed E-state index contributed by atoms with van der Waals surface area (Å²) in [6, 6.07) is 1.52. The van der Waals surface area contributed by atoms with Gasteiger partial charge in [-0.1, -0.05) is 26.2 Å². The van der Waals surface area contributed by atoms with Crippen LogP contribution in [0.1, 0.15) is 32.6 Å². The molecule has 0 amide bonds. The van der Waals surface area contributed by atoms with Crippen LogP contribution in [0.3, 0.4) is 0 Å². The van der Waals surface area contributed by atoms with Crippen molar-refractivity contribution in [2.24, 2.45) is 11.8 Å². The Morgan fingerprint density at radius 1 is 1.29 bits per heavy atom. The first-order valence-electron chi connectivity index (χ1n) is 6.95. The second-order valence-corrected chi connectivity index (χ2v) is 8.13. The van der Waals surface area contributed by atoms with Crippen LogP contribution in [0, 0.1) is 23.5 Å². The lowest BCUT2D eigenvalue weighted by molar-refractivity contribution is 0.257. The van der Waals surface area contributed by atoms with Gasteiger partial charge < -0.3 is 0 Å². The minimum Gasteiger partial charge on any atom is -0.211 e. The minimum absolute atomic E-state index is 0.107. The maximum Gasteiger partial charge on any atom is 0.244 e. The summed E-state index contributed by atoms with van der Waals surface area (Å²) < 4.78 is 53.6. The second kappa shape index (κ2) is 6.71. The zero-order chi connectivity index (χ0) is 15.6. The Hall–Kier alpha value is -0.530. The Morgan fingerprint density at radius 3 is 2.57 bits per heavy atom. The molecule has 0 bridgehead atoms. The molecular formula is C14H18BrF2NO2S. The van der Waals surface area contributed by atoms with Crippen LogP contribution in [0.5, 0.6) is 0 Å². The summed E-state index contributed by atoms with van der Waals surface area (Å²) >= 11 is 2.91. The molecule has 2 rings (SSSR count). The zero-order valence-corrected chi connectivity index (χ0v) is 14.1. The van der Waals surface area contributed by atoms with Crippen molar-refractivity contribution < 1.29 is 17.2 Å². The van der Waals surface area contributed by atoms with E-state index in [1.807, 2.05) is 0 Å². The van der Waals surface area contributed by atoms with Gasteiger partial charge in [0, 0.05) is 17.1 Å². The summed E-state index contributed by atoms with van der Waals surface area (Å²) in [6.45, 7) is 2.39. The van der Waals surface area contributed by atoms with Crippen molar-refractivity contribution in [2.75, 3.05) is 6.54 Å². The fourth-order valence-corrected chi connectivity index (χ4v) is 5.03. The van der Waals surface area contributed by atoms with Crippen molar-refractivity contribution in [3.63, 3.8) is 0 Å². The summed E-state index contributed by atoms with van der Waals surface area (Å²) in [5.74, 6) is -1.20. The fraction of sp³-hybridized carbons (Fsp3) is 0.571. The molecule has 0 saturated heterocycles. The number of rotatable bonds is 4. The van der Waals surface area contributed by atoms with Gasteiger partial charge in [0.2, 0.25) is 10.0 Å². The lowest BCUT2D eigenvalue weighted by Crippen LogP contribution is -2.34. The standard InChI is InChI=1S/C14H18BrF2NO2S/c1-9-4-2-3-5-10(9)8-18-21(19,20)14-12(15)6-11(16)7-13(14)17/h6-7,9-10,18H,2-5,8H2,1H3. The highest BCUT2D eigenvalue weighted by molar-refractivity contribution is 9.10. The maximum atomic E-state index is 13.8. The van der Waals surface area contributed by atoms with Crippen LogP contribution in [0.15, 0.2) is 21.5 Å². The van der Waals surface area contributed by atoms with Gasteiger partial charge in [-0.15, -0.1) is 0 Å². The Balaban J connectivity index is 2.15. The quantitative estimate of drug-likeness (QED) is 0.861. The predicted octanol–water partition coefficient (Wildman–Crippen LogP) is 3.83. The largest absolute Gasteiger partial charge is 0.244 e. The highest BCUT2D eigenvalue weighted by atomic mass is 79.9. The Kier molecular flexibility index (Phi) is 5.38. The van der Waals surface area contributed by atoms with Gasteiger partial charge in [-0.2, -0.15) is 0 Å². The highest BCUT2D eigenvalue weighted by Crippen LogP contribution is 2.30. The first kappa shape index (κ1) is 16.8. The van der Waals surface area contributed by atoms with E-state index in [4.69, 9.17) is 0 Å². The number of halogens is 3. The Morgan fingerprint density at radius 2 is 1.95 bits per heavy atom. The predicted molar refractivity (Wildman–Crippen MR) is 80.4 cm³/mol. The van der Waals surface area contributed by atoms with Crippen LogP contribution in [0.2, 0.25) is 0 Å². The van der Waals surface area contributed by atoms with Crippen molar-refractivity contribution in [3.8, 4) is 0 Å². The second-order valence-electron chi connectivity index (χ2n) is 5.57. The SMILES string of the molecule is CC1CCCCC1CNS(=O)(=O)c1c(F)cc(F)cc1Br. The monoisotopic (exact) mass is 381 g/mol. The van der Waals surface area contributed by atoms with Crippen LogP contribution < -0.4 is 4.72 Å². The molecule has 1 aromatic carbocycles. The smallest absolute Gasteiger partial charge is 0.211 e. The molecule has 0 radical (unpaired) electrons. The van der Waals surface area contributed by atoms with E-state index < -0.39 is 26.6 Å². The molecule has 2 atom stereocenters. The van der Waals surface area contributed by atoms with E-state index in [1.165, 1.54) is 6.42 Å². The van der Waals surface area contributed by atoms with Gasteiger partial charge >= 0.3 is 0 Å². The van der Waals surface area contributed by atoms with Crippen molar-refractivity contribution in [3.05, 3.63) is 28.2 Å². The van der Waals surface area contributed by atoms with Crippen LogP contribution in [0.4, 0.5) is 8.78 Å². The average molecular weight is 382 g/mol. The average Bonchev–Trinajstić information content (AvgIpc) is 2.36. The Labute approximate surface area is 132 Å². The van der Waals surface area contributed by atoms with Gasteiger partial charge in [0.05, 0.1) is 0 Å². The Bertz CT molecular complexity index is 598. The maximum absolute atomic E-state index is 13.8. The topological polar surface area (TPSA) is 46.2 Å². The normalized spacial score (nSPS) is 23.2. The molecule has 1 aliphatic rings. The van der Waals surface area contributed by atoms with Gasteiger partial charge in [0.15, 0.2) is 0 Å². The molecule has 2 unspecified atom stereocenters. The van der Waals surface area contributed by atoms with Crippen molar-refractivity contribution in [1.82, 2.24) is 4.72 Å². The van der Waals surface area contributed by atoms with Crippen LogP contribution in [0.25, 0.3) is 0 Å². The van der Waals surface area contributed by atoms with E-state index in [9.17, 15) is 17.2 Å². The van der Waals surface area contributed by atoms with Gasteiger partial charge in [0.25, 0.3) is 0 Å². The van der Waals surface area contributed by atoms with E-state index in [2.05, 4.69) is 27.6 Å². The number of hydrogen-bond acceptors (Lipinski definition) is 2. The molecule has 118 valence electrons. The number of benzene rings is 1. The van der Waals surface area contributed by atoms with Crippen LogP contribution in [-0.2, 0) is 10.0 Å². The van der Waals surface area contributed by atoms with E-state index in [-0.39, 0.29) is 16.9 Å². The summed E-state index contributed by atoms with van der Waals surface area (Å²) in [7, 11) is -4.00. The molecule has 1 aliphatic carbocycles. The van der Waals surface area contributed by atoms with Crippen LogP contribution >= 0.6 is 15.9 Å². The molecule has 3 nitrogen and oxygen atoms in total. The lowest BCUT2D eigenvalue weighted by Gasteiger charge is -2.28. The zero-order valence-electron chi connectivity index (χ0n) is 11.7. The van der Waals surface area contributed by atoms with E-state index >= 15 is 0 Å². The van der Waals surface area contributed by atoms with Gasteiger partial charge in [-0.3, -0.25) is 0 Å². The summed E-state index contributed by atoms with van der Waals surface area (Å²) in [6.07, 6.45) is 4.31. The van der Waals surface area contributed by atoms with Gasteiger partial charge in [-0.05, 0) is 40.3 Å². The molecule has 7 heteroatoms. The van der Waals surface area contributed by atoms with E-state index in [0.717, 1.165) is 25.3 Å². The third-order valence-electron chi connectivity index (χ3n) is 4.06. The fourth-order valence-electron chi connectivity index (χ4n) is 2.77. The number of nitrogens with one attached hydrogen (secondary N) is 1. The first-order valence-corrected chi connectivity index (χ1v) is 9.23. The summed E-state index contributed by atoms with van der Waals surface area (Å²) in [5, 5.41) is 0. The minimum atomic E-state index is -4.00. The number of sulfonamides is 1. The number of hydrogen-bond donors (Lipinski definition) is 1. The van der Waals surface area contributed by atoms with Crippen LogP contribution in [-0.4, -0.2) is 15.0 Å². The molecule has 0 heterocycles. The molecule has 1 fully saturated rings.